The van der Waals surface area contributed by atoms with Gasteiger partial charge < -0.3 is 5.11 Å². The molecule has 1 N–H and O–H groups in total. The molecule has 0 spiro atoms. The minimum atomic E-state index is 0.0841. The van der Waals surface area contributed by atoms with Crippen molar-refractivity contribution in [1.29, 1.82) is 0 Å². The van der Waals surface area contributed by atoms with Gasteiger partial charge in [-0.3, -0.25) is 0 Å². The smallest absolute Gasteiger partial charge is 0.0439 e. The predicted molar refractivity (Wildman–Crippen MR) is 55.9 cm³/mol. The fourth-order valence-corrected chi connectivity index (χ4v) is 1.49. The molecule has 0 amide bonds. The van der Waals surface area contributed by atoms with E-state index in [-0.39, 0.29) is 12.0 Å². The highest BCUT2D eigenvalue weighted by atomic mass is 16.3. The van der Waals surface area contributed by atoms with Crippen molar-refractivity contribution in [3.8, 4) is 0 Å². The van der Waals surface area contributed by atoms with Gasteiger partial charge in [0, 0.05) is 6.61 Å². The van der Waals surface area contributed by atoms with Crippen molar-refractivity contribution in [3.63, 3.8) is 0 Å². The van der Waals surface area contributed by atoms with Gasteiger partial charge in [0.05, 0.1) is 0 Å². The van der Waals surface area contributed by atoms with Gasteiger partial charge in [-0.05, 0) is 24.3 Å². The molecule has 13 heavy (non-hydrogen) atoms. The maximum atomic E-state index is 8.93. The van der Waals surface area contributed by atoms with E-state index in [0.29, 0.717) is 0 Å². The third-order valence-corrected chi connectivity index (χ3v) is 2.54. The molecule has 0 bridgehead atoms. The Hall–Kier alpha value is -0.820. The van der Waals surface area contributed by atoms with Crippen LogP contribution in [-0.4, -0.2) is 11.7 Å². The fraction of sp³-hybridized carbons (Fsp3) is 0.500. The topological polar surface area (TPSA) is 20.2 Å². The van der Waals surface area contributed by atoms with Gasteiger partial charge in [-0.1, -0.05) is 43.7 Å². The molecule has 0 fully saturated rings. The zero-order valence-electron chi connectivity index (χ0n) is 8.67. The van der Waals surface area contributed by atoms with Gasteiger partial charge in [-0.25, -0.2) is 0 Å². The van der Waals surface area contributed by atoms with Crippen LogP contribution in [-0.2, 0) is 5.41 Å². The number of hydrogen-bond donors (Lipinski definition) is 1. The lowest BCUT2D eigenvalue weighted by Crippen LogP contribution is -2.18. The van der Waals surface area contributed by atoms with Crippen LogP contribution in [0.1, 0.15) is 31.4 Å². The number of aliphatic hydroxyl groups is 1. The quantitative estimate of drug-likeness (QED) is 0.754. The highest BCUT2D eigenvalue weighted by molar-refractivity contribution is 5.28. The SMILES string of the molecule is Cc1cccc(C(C)(C)CCO)c1. The van der Waals surface area contributed by atoms with Crippen molar-refractivity contribution < 1.29 is 5.11 Å². The summed E-state index contributed by atoms with van der Waals surface area (Å²) in [5, 5.41) is 8.93. The summed E-state index contributed by atoms with van der Waals surface area (Å²) in [6.45, 7) is 6.68. The minimum absolute atomic E-state index is 0.0841. The predicted octanol–water partition coefficient (Wildman–Crippen LogP) is 2.66. The molecular weight excluding hydrogens is 160 g/mol. The first-order valence-corrected chi connectivity index (χ1v) is 4.74. The van der Waals surface area contributed by atoms with Crippen LogP contribution in [0.25, 0.3) is 0 Å². The normalized spacial score (nSPS) is 11.7. The first kappa shape index (κ1) is 10.3. The summed E-state index contributed by atoms with van der Waals surface area (Å²) in [5.41, 5.74) is 2.67. The minimum Gasteiger partial charge on any atom is -0.396 e. The van der Waals surface area contributed by atoms with Crippen LogP contribution in [0.3, 0.4) is 0 Å². The van der Waals surface area contributed by atoms with Gasteiger partial charge in [-0.15, -0.1) is 0 Å². The molecule has 1 nitrogen and oxygen atoms in total. The Kier molecular flexibility index (Phi) is 3.10. The Morgan fingerprint density at radius 3 is 2.54 bits per heavy atom. The number of benzene rings is 1. The number of rotatable bonds is 3. The van der Waals surface area contributed by atoms with E-state index >= 15 is 0 Å². The largest absolute Gasteiger partial charge is 0.396 e. The van der Waals surface area contributed by atoms with Crippen molar-refractivity contribution in [2.24, 2.45) is 0 Å². The van der Waals surface area contributed by atoms with Crippen molar-refractivity contribution >= 4 is 0 Å². The summed E-state index contributed by atoms with van der Waals surface area (Å²) in [6.07, 6.45) is 0.816. The second kappa shape index (κ2) is 3.93. The molecule has 0 saturated heterocycles. The molecule has 0 unspecified atom stereocenters. The Labute approximate surface area is 80.4 Å². The summed E-state index contributed by atoms with van der Waals surface area (Å²) in [6, 6.07) is 8.49. The average molecular weight is 178 g/mol. The third kappa shape index (κ3) is 2.56. The monoisotopic (exact) mass is 178 g/mol. The van der Waals surface area contributed by atoms with E-state index in [2.05, 4.69) is 45.0 Å². The maximum absolute atomic E-state index is 8.93. The van der Waals surface area contributed by atoms with Gasteiger partial charge >= 0.3 is 0 Å². The lowest BCUT2D eigenvalue weighted by Gasteiger charge is -2.24. The molecule has 1 rings (SSSR count). The zero-order chi connectivity index (χ0) is 9.90. The van der Waals surface area contributed by atoms with Crippen LogP contribution < -0.4 is 0 Å². The highest BCUT2D eigenvalue weighted by Crippen LogP contribution is 2.26. The molecular formula is C12H18O. The van der Waals surface area contributed by atoms with E-state index in [4.69, 9.17) is 5.11 Å². The van der Waals surface area contributed by atoms with Crippen molar-refractivity contribution in [2.45, 2.75) is 32.6 Å². The number of aliphatic hydroxyl groups excluding tert-OH is 1. The highest BCUT2D eigenvalue weighted by Gasteiger charge is 2.19. The van der Waals surface area contributed by atoms with Crippen molar-refractivity contribution in [2.75, 3.05) is 6.61 Å². The lowest BCUT2D eigenvalue weighted by molar-refractivity contribution is 0.252. The van der Waals surface area contributed by atoms with Crippen molar-refractivity contribution in [1.82, 2.24) is 0 Å². The van der Waals surface area contributed by atoms with E-state index in [1.807, 2.05) is 0 Å². The van der Waals surface area contributed by atoms with Gasteiger partial charge in [0.1, 0.15) is 0 Å². The van der Waals surface area contributed by atoms with Gasteiger partial charge in [-0.2, -0.15) is 0 Å². The Morgan fingerprint density at radius 2 is 2.00 bits per heavy atom. The van der Waals surface area contributed by atoms with Crippen molar-refractivity contribution in [3.05, 3.63) is 35.4 Å². The summed E-state index contributed by atoms with van der Waals surface area (Å²) < 4.78 is 0. The first-order valence-electron chi connectivity index (χ1n) is 4.74. The van der Waals surface area contributed by atoms with Crippen LogP contribution in [0.4, 0.5) is 0 Å². The molecule has 72 valence electrons. The summed E-state index contributed by atoms with van der Waals surface area (Å²) in [4.78, 5) is 0. The van der Waals surface area contributed by atoms with E-state index < -0.39 is 0 Å². The molecule has 1 aromatic carbocycles. The fourth-order valence-electron chi connectivity index (χ4n) is 1.49. The van der Waals surface area contributed by atoms with Crippen LogP contribution in [0.15, 0.2) is 24.3 Å². The first-order chi connectivity index (χ1) is 6.06. The maximum Gasteiger partial charge on any atom is 0.0439 e. The van der Waals surface area contributed by atoms with Gasteiger partial charge in [0.2, 0.25) is 0 Å². The van der Waals surface area contributed by atoms with E-state index in [0.717, 1.165) is 6.42 Å². The van der Waals surface area contributed by atoms with Crippen LogP contribution in [0.5, 0.6) is 0 Å². The van der Waals surface area contributed by atoms with E-state index in [1.54, 1.807) is 0 Å². The average Bonchev–Trinajstić information content (AvgIpc) is 2.04. The van der Waals surface area contributed by atoms with Gasteiger partial charge in [0.15, 0.2) is 0 Å². The number of aryl methyl sites for hydroxylation is 1. The molecule has 1 aromatic rings. The molecule has 0 heterocycles. The Bertz CT molecular complexity index is 276. The van der Waals surface area contributed by atoms with E-state index in [1.165, 1.54) is 11.1 Å². The Morgan fingerprint density at radius 1 is 1.31 bits per heavy atom. The molecule has 1 heteroatoms. The molecule has 0 radical (unpaired) electrons. The molecule has 0 aromatic heterocycles. The zero-order valence-corrected chi connectivity index (χ0v) is 8.67. The molecule has 0 aliphatic rings. The summed E-state index contributed by atoms with van der Waals surface area (Å²) in [5.74, 6) is 0. The Balaban J connectivity index is 2.93. The van der Waals surface area contributed by atoms with Crippen LogP contribution >= 0.6 is 0 Å². The summed E-state index contributed by atoms with van der Waals surface area (Å²) in [7, 11) is 0. The standard InChI is InChI=1S/C12H18O/c1-10-5-4-6-11(9-10)12(2,3)7-8-13/h4-6,9,13H,7-8H2,1-3H3. The van der Waals surface area contributed by atoms with E-state index in [9.17, 15) is 0 Å². The van der Waals surface area contributed by atoms with Gasteiger partial charge in [0.25, 0.3) is 0 Å². The molecule has 0 aliphatic heterocycles. The third-order valence-electron chi connectivity index (χ3n) is 2.54. The lowest BCUT2D eigenvalue weighted by atomic mass is 9.81. The van der Waals surface area contributed by atoms with Crippen LogP contribution in [0, 0.1) is 6.92 Å². The molecule has 0 aliphatic carbocycles. The molecule has 0 atom stereocenters. The summed E-state index contributed by atoms with van der Waals surface area (Å²) >= 11 is 0. The van der Waals surface area contributed by atoms with Crippen LogP contribution in [0.2, 0.25) is 0 Å². The second-order valence-corrected chi connectivity index (χ2v) is 4.23. The number of hydrogen-bond acceptors (Lipinski definition) is 1. The molecule has 0 saturated carbocycles. The second-order valence-electron chi connectivity index (χ2n) is 4.23.